The zero-order chi connectivity index (χ0) is 21.8. The lowest BCUT2D eigenvalue weighted by molar-refractivity contribution is -0.123. The molecule has 0 radical (unpaired) electrons. The number of barbiturate groups is 1. The molecule has 156 valence electrons. The van der Waals surface area contributed by atoms with Gasteiger partial charge in [0.1, 0.15) is 12.2 Å². The summed E-state index contributed by atoms with van der Waals surface area (Å²) in [6, 6.07) is 8.76. The van der Waals surface area contributed by atoms with Gasteiger partial charge in [-0.1, -0.05) is 29.3 Å². The second-order valence-corrected chi connectivity index (χ2v) is 7.70. The molecule has 0 saturated carbocycles. The van der Waals surface area contributed by atoms with Crippen LogP contribution in [0.4, 0.5) is 4.79 Å². The number of benzene rings is 2. The molecule has 1 aliphatic heterocycles. The normalized spacial score (nSPS) is 13.6. The number of hydrogen-bond donors (Lipinski definition) is 2. The maximum absolute atomic E-state index is 12.0. The van der Waals surface area contributed by atoms with Crippen molar-refractivity contribution in [3.05, 3.63) is 62.6 Å². The number of aryl methyl sites for hydroxylation is 2. The highest BCUT2D eigenvalue weighted by atomic mass is 79.9. The third kappa shape index (κ3) is 5.07. The Balaban J connectivity index is 1.90. The van der Waals surface area contributed by atoms with Crippen molar-refractivity contribution in [3.8, 4) is 11.5 Å². The van der Waals surface area contributed by atoms with Gasteiger partial charge in [-0.05, 0) is 66.0 Å². The van der Waals surface area contributed by atoms with Gasteiger partial charge in [0.2, 0.25) is 0 Å². The quantitative estimate of drug-likeness (QED) is 0.492. The van der Waals surface area contributed by atoms with E-state index in [2.05, 4.69) is 34.1 Å². The first-order valence-corrected chi connectivity index (χ1v) is 10.1. The molecule has 1 aliphatic rings. The summed E-state index contributed by atoms with van der Waals surface area (Å²) in [5, 5.41) is 4.10. The summed E-state index contributed by atoms with van der Waals surface area (Å²) in [6.07, 6.45) is 1.39. The molecule has 0 atom stereocenters. The van der Waals surface area contributed by atoms with Crippen LogP contribution in [0.25, 0.3) is 6.08 Å². The van der Waals surface area contributed by atoms with E-state index in [0.29, 0.717) is 34.7 Å². The van der Waals surface area contributed by atoms with Gasteiger partial charge in [-0.2, -0.15) is 0 Å². The van der Waals surface area contributed by atoms with E-state index in [4.69, 9.17) is 9.47 Å². The van der Waals surface area contributed by atoms with Crippen molar-refractivity contribution in [3.63, 3.8) is 0 Å². The SMILES string of the molecule is CCOc1cc(C=C2C(=O)NC(=O)NC2=O)cc(Br)c1OCc1cc(C)cc(C)c1. The van der Waals surface area contributed by atoms with Gasteiger partial charge in [0.15, 0.2) is 11.5 Å². The van der Waals surface area contributed by atoms with Gasteiger partial charge >= 0.3 is 6.03 Å². The molecule has 1 heterocycles. The second-order valence-electron chi connectivity index (χ2n) is 6.84. The third-order valence-corrected chi connectivity index (χ3v) is 4.84. The molecule has 4 amide bonds. The smallest absolute Gasteiger partial charge is 0.328 e. The van der Waals surface area contributed by atoms with Crippen molar-refractivity contribution in [2.45, 2.75) is 27.4 Å². The first kappa shape index (κ1) is 21.6. The van der Waals surface area contributed by atoms with Gasteiger partial charge < -0.3 is 9.47 Å². The number of ether oxygens (including phenoxy) is 2. The fraction of sp³-hybridized carbons (Fsp3) is 0.227. The first-order valence-electron chi connectivity index (χ1n) is 9.31. The van der Waals surface area contributed by atoms with Gasteiger partial charge in [-0.25, -0.2) is 4.79 Å². The Bertz CT molecular complexity index is 1020. The molecule has 1 saturated heterocycles. The minimum atomic E-state index is -0.839. The van der Waals surface area contributed by atoms with Crippen LogP contribution >= 0.6 is 15.9 Å². The second kappa shape index (κ2) is 9.13. The number of amides is 4. The lowest BCUT2D eigenvalue weighted by Crippen LogP contribution is -2.51. The summed E-state index contributed by atoms with van der Waals surface area (Å²) >= 11 is 3.49. The highest BCUT2D eigenvalue weighted by Crippen LogP contribution is 2.38. The number of urea groups is 1. The number of halogens is 1. The molecule has 0 bridgehead atoms. The van der Waals surface area contributed by atoms with E-state index < -0.39 is 17.8 Å². The molecule has 0 unspecified atom stereocenters. The highest BCUT2D eigenvalue weighted by molar-refractivity contribution is 9.10. The number of imide groups is 2. The highest BCUT2D eigenvalue weighted by Gasteiger charge is 2.28. The topological polar surface area (TPSA) is 93.7 Å². The maximum atomic E-state index is 12.0. The van der Waals surface area contributed by atoms with Gasteiger partial charge in [0, 0.05) is 0 Å². The summed E-state index contributed by atoms with van der Waals surface area (Å²) in [7, 11) is 0. The molecule has 0 aliphatic carbocycles. The first-order chi connectivity index (χ1) is 14.3. The van der Waals surface area contributed by atoms with Crippen molar-refractivity contribution in [1.29, 1.82) is 0 Å². The van der Waals surface area contributed by atoms with Crippen LogP contribution in [0.5, 0.6) is 11.5 Å². The molecule has 3 rings (SSSR count). The van der Waals surface area contributed by atoms with Crippen LogP contribution in [-0.4, -0.2) is 24.5 Å². The molecule has 30 heavy (non-hydrogen) atoms. The van der Waals surface area contributed by atoms with Crippen molar-refractivity contribution in [1.82, 2.24) is 10.6 Å². The Morgan fingerprint density at radius 1 is 0.933 bits per heavy atom. The molecule has 2 aromatic rings. The lowest BCUT2D eigenvalue weighted by Gasteiger charge is -2.16. The Hall–Kier alpha value is -3.13. The largest absolute Gasteiger partial charge is 0.490 e. The van der Waals surface area contributed by atoms with Crippen LogP contribution in [-0.2, 0) is 16.2 Å². The van der Waals surface area contributed by atoms with E-state index in [1.807, 2.05) is 31.4 Å². The van der Waals surface area contributed by atoms with Gasteiger partial charge in [0.05, 0.1) is 11.1 Å². The number of nitrogens with one attached hydrogen (secondary N) is 2. The summed E-state index contributed by atoms with van der Waals surface area (Å²) in [4.78, 5) is 35.2. The number of carbonyl (C=O) groups is 3. The zero-order valence-corrected chi connectivity index (χ0v) is 18.4. The van der Waals surface area contributed by atoms with Crippen LogP contribution in [0.15, 0.2) is 40.4 Å². The van der Waals surface area contributed by atoms with Gasteiger partial charge in [-0.3, -0.25) is 20.2 Å². The van der Waals surface area contributed by atoms with E-state index in [1.165, 1.54) is 6.08 Å². The fourth-order valence-corrected chi connectivity index (χ4v) is 3.73. The molecular weight excluding hydrogens is 452 g/mol. The van der Waals surface area contributed by atoms with E-state index in [1.54, 1.807) is 12.1 Å². The maximum Gasteiger partial charge on any atom is 0.328 e. The number of hydrogen-bond acceptors (Lipinski definition) is 5. The summed E-state index contributed by atoms with van der Waals surface area (Å²) < 4.78 is 12.3. The van der Waals surface area contributed by atoms with Crippen molar-refractivity contribution >= 4 is 39.9 Å². The Labute approximate surface area is 182 Å². The van der Waals surface area contributed by atoms with E-state index in [9.17, 15) is 14.4 Å². The number of rotatable bonds is 6. The average molecular weight is 473 g/mol. The van der Waals surface area contributed by atoms with Crippen LogP contribution < -0.4 is 20.1 Å². The number of carbonyl (C=O) groups excluding carboxylic acids is 3. The summed E-state index contributed by atoms with van der Waals surface area (Å²) in [5.74, 6) is -0.525. The molecule has 2 aromatic carbocycles. The van der Waals surface area contributed by atoms with Crippen LogP contribution in [0.3, 0.4) is 0 Å². The molecule has 1 fully saturated rings. The van der Waals surface area contributed by atoms with E-state index in [-0.39, 0.29) is 5.57 Å². The van der Waals surface area contributed by atoms with E-state index >= 15 is 0 Å². The molecule has 0 aromatic heterocycles. The standard InChI is InChI=1S/C22H21BrN2O5/c1-4-29-18-10-14(8-16-20(26)24-22(28)25-21(16)27)9-17(23)19(18)30-11-15-6-12(2)5-13(3)7-15/h5-10H,4,11H2,1-3H3,(H2,24,25,26,27,28). The van der Waals surface area contributed by atoms with Crippen LogP contribution in [0.2, 0.25) is 0 Å². The fourth-order valence-electron chi connectivity index (χ4n) is 3.16. The third-order valence-electron chi connectivity index (χ3n) is 4.25. The van der Waals surface area contributed by atoms with Crippen LogP contribution in [0.1, 0.15) is 29.2 Å². The van der Waals surface area contributed by atoms with E-state index in [0.717, 1.165) is 16.7 Å². The van der Waals surface area contributed by atoms with Crippen molar-refractivity contribution in [2.75, 3.05) is 6.61 Å². The summed E-state index contributed by atoms with van der Waals surface area (Å²) in [5.41, 5.74) is 3.71. The van der Waals surface area contributed by atoms with Crippen LogP contribution in [0, 0.1) is 13.8 Å². The predicted octanol–water partition coefficient (Wildman–Crippen LogP) is 3.79. The molecule has 8 heteroatoms. The molecule has 7 nitrogen and oxygen atoms in total. The van der Waals surface area contributed by atoms with Crippen molar-refractivity contribution in [2.24, 2.45) is 0 Å². The van der Waals surface area contributed by atoms with Gasteiger partial charge in [0.25, 0.3) is 11.8 Å². The minimum absolute atomic E-state index is 0.173. The van der Waals surface area contributed by atoms with Gasteiger partial charge in [-0.15, -0.1) is 0 Å². The minimum Gasteiger partial charge on any atom is -0.490 e. The predicted molar refractivity (Wildman–Crippen MR) is 115 cm³/mol. The molecule has 0 spiro atoms. The average Bonchev–Trinajstić information content (AvgIpc) is 2.63. The Morgan fingerprint density at radius 3 is 2.17 bits per heavy atom. The zero-order valence-electron chi connectivity index (χ0n) is 16.8. The van der Waals surface area contributed by atoms with Crippen molar-refractivity contribution < 1.29 is 23.9 Å². The molecular formula is C22H21BrN2O5. The molecule has 2 N–H and O–H groups in total. The lowest BCUT2D eigenvalue weighted by atomic mass is 10.1. The Morgan fingerprint density at radius 2 is 1.57 bits per heavy atom. The monoisotopic (exact) mass is 472 g/mol. The Kier molecular flexibility index (Phi) is 6.56. The summed E-state index contributed by atoms with van der Waals surface area (Å²) in [6.45, 7) is 6.67.